The molecule has 0 fully saturated rings. The predicted octanol–water partition coefficient (Wildman–Crippen LogP) is 4.66. The summed E-state index contributed by atoms with van der Waals surface area (Å²) in [5.41, 5.74) is 5.25. The average molecular weight is 434 g/mol. The first-order chi connectivity index (χ1) is 13.7. The maximum absolute atomic E-state index is 12.0. The van der Waals surface area contributed by atoms with Gasteiger partial charge in [-0.05, 0) is 57.9 Å². The van der Waals surface area contributed by atoms with Crippen LogP contribution in [0.25, 0.3) is 0 Å². The Hall–Kier alpha value is -3.43. The lowest BCUT2D eigenvalue weighted by Gasteiger charge is -2.10. The number of hydrogen-bond donors (Lipinski definition) is 1. The van der Waals surface area contributed by atoms with Gasteiger partial charge in [0.15, 0.2) is 0 Å². The number of hydrogen-bond acceptors (Lipinski definition) is 4. The number of amides is 1. The van der Waals surface area contributed by atoms with Gasteiger partial charge in [0, 0.05) is 11.1 Å². The lowest BCUT2D eigenvalue weighted by Crippen LogP contribution is -2.17. The van der Waals surface area contributed by atoms with E-state index in [2.05, 4.69) is 32.5 Å². The number of nitriles is 1. The van der Waals surface area contributed by atoms with E-state index in [1.165, 1.54) is 0 Å². The standard InChI is InChI=1S/C22H16BrN3O2/c23-20-12-16(14-25-26-22(27)17-6-2-1-3-7-17)10-11-21(20)28-15-19-9-5-4-8-18(19)13-24/h1-12,14H,15H2,(H,26,27)/b25-14-. The van der Waals surface area contributed by atoms with E-state index in [1.54, 1.807) is 42.6 Å². The molecule has 3 aromatic rings. The van der Waals surface area contributed by atoms with Crippen LogP contribution < -0.4 is 10.2 Å². The maximum atomic E-state index is 12.0. The largest absolute Gasteiger partial charge is 0.488 e. The third kappa shape index (κ3) is 5.06. The fourth-order valence-corrected chi connectivity index (χ4v) is 2.96. The zero-order valence-electron chi connectivity index (χ0n) is 14.8. The number of halogens is 1. The second-order valence-corrected chi connectivity index (χ2v) is 6.67. The Morgan fingerprint density at radius 3 is 2.61 bits per heavy atom. The number of carbonyl (C=O) groups excluding carboxylic acids is 1. The molecule has 1 N–H and O–H groups in total. The molecule has 0 aliphatic rings. The van der Waals surface area contributed by atoms with Gasteiger partial charge in [0.2, 0.25) is 0 Å². The first-order valence-electron chi connectivity index (χ1n) is 8.46. The second-order valence-electron chi connectivity index (χ2n) is 5.81. The van der Waals surface area contributed by atoms with Crippen molar-refractivity contribution in [2.45, 2.75) is 6.61 Å². The summed E-state index contributed by atoms with van der Waals surface area (Å²) in [5, 5.41) is 13.1. The summed E-state index contributed by atoms with van der Waals surface area (Å²) in [5.74, 6) is 0.380. The summed E-state index contributed by atoms with van der Waals surface area (Å²) >= 11 is 3.47. The predicted molar refractivity (Wildman–Crippen MR) is 111 cm³/mol. The molecule has 0 radical (unpaired) electrons. The molecule has 0 saturated heterocycles. The number of carbonyl (C=O) groups is 1. The molecule has 0 atom stereocenters. The van der Waals surface area contributed by atoms with Crippen LogP contribution in [0, 0.1) is 11.3 Å². The van der Waals surface area contributed by atoms with Gasteiger partial charge in [-0.1, -0.05) is 36.4 Å². The van der Waals surface area contributed by atoms with E-state index in [9.17, 15) is 4.79 Å². The molecular formula is C22H16BrN3O2. The molecule has 0 aliphatic heterocycles. The van der Waals surface area contributed by atoms with Crippen molar-refractivity contribution in [3.63, 3.8) is 0 Å². The van der Waals surface area contributed by atoms with Crippen LogP contribution >= 0.6 is 15.9 Å². The minimum Gasteiger partial charge on any atom is -0.488 e. The van der Waals surface area contributed by atoms with Crippen molar-refractivity contribution in [3.05, 3.63) is 99.5 Å². The number of ether oxygens (including phenoxy) is 1. The van der Waals surface area contributed by atoms with Gasteiger partial charge in [-0.15, -0.1) is 0 Å². The van der Waals surface area contributed by atoms with E-state index in [0.29, 0.717) is 23.5 Å². The van der Waals surface area contributed by atoms with Crippen molar-refractivity contribution in [3.8, 4) is 11.8 Å². The second kappa shape index (κ2) is 9.49. The molecule has 6 heteroatoms. The van der Waals surface area contributed by atoms with E-state index in [-0.39, 0.29) is 5.91 Å². The molecule has 0 aliphatic carbocycles. The van der Waals surface area contributed by atoms with Crippen LogP contribution in [-0.2, 0) is 6.61 Å². The summed E-state index contributed by atoms with van der Waals surface area (Å²) in [6, 6.07) is 23.8. The van der Waals surface area contributed by atoms with Crippen LogP contribution in [-0.4, -0.2) is 12.1 Å². The van der Waals surface area contributed by atoms with E-state index < -0.39 is 0 Å². The van der Waals surface area contributed by atoms with Gasteiger partial charge in [-0.25, -0.2) is 5.43 Å². The molecule has 0 saturated carbocycles. The third-order valence-corrected chi connectivity index (χ3v) is 4.51. The minimum absolute atomic E-state index is 0.271. The molecule has 0 bridgehead atoms. The van der Waals surface area contributed by atoms with E-state index in [4.69, 9.17) is 10.00 Å². The highest BCUT2D eigenvalue weighted by Gasteiger charge is 2.06. The zero-order chi connectivity index (χ0) is 19.8. The minimum atomic E-state index is -0.271. The molecule has 0 heterocycles. The lowest BCUT2D eigenvalue weighted by atomic mass is 10.1. The van der Waals surface area contributed by atoms with Crippen molar-refractivity contribution in [2.24, 2.45) is 5.10 Å². The molecule has 0 aromatic heterocycles. The first-order valence-corrected chi connectivity index (χ1v) is 9.25. The molecule has 1 amide bonds. The smallest absolute Gasteiger partial charge is 0.271 e. The number of hydrazone groups is 1. The summed E-state index contributed by atoms with van der Waals surface area (Å²) in [7, 11) is 0. The Labute approximate surface area is 171 Å². The normalized spacial score (nSPS) is 10.4. The maximum Gasteiger partial charge on any atom is 0.271 e. The molecule has 3 aromatic carbocycles. The van der Waals surface area contributed by atoms with Gasteiger partial charge in [-0.2, -0.15) is 10.4 Å². The zero-order valence-corrected chi connectivity index (χ0v) is 16.4. The molecule has 0 unspecified atom stereocenters. The van der Waals surface area contributed by atoms with Crippen molar-refractivity contribution >= 4 is 28.1 Å². The highest BCUT2D eigenvalue weighted by atomic mass is 79.9. The number of nitrogens with zero attached hydrogens (tertiary/aromatic N) is 2. The fourth-order valence-electron chi connectivity index (χ4n) is 2.44. The summed E-state index contributed by atoms with van der Waals surface area (Å²) < 4.78 is 6.56. The van der Waals surface area contributed by atoms with Gasteiger partial charge in [0.25, 0.3) is 5.91 Å². The Bertz CT molecular complexity index is 1040. The quantitative estimate of drug-likeness (QED) is 0.453. The molecule has 28 heavy (non-hydrogen) atoms. The van der Waals surface area contributed by atoms with Crippen LogP contribution in [0.3, 0.4) is 0 Å². The summed E-state index contributed by atoms with van der Waals surface area (Å²) in [6.07, 6.45) is 1.56. The van der Waals surface area contributed by atoms with Crippen LogP contribution in [0.1, 0.15) is 27.0 Å². The van der Waals surface area contributed by atoms with Gasteiger partial charge in [0.1, 0.15) is 12.4 Å². The summed E-state index contributed by atoms with van der Waals surface area (Å²) in [4.78, 5) is 12.0. The van der Waals surface area contributed by atoms with E-state index in [1.807, 2.05) is 36.4 Å². The van der Waals surface area contributed by atoms with Crippen molar-refractivity contribution < 1.29 is 9.53 Å². The third-order valence-electron chi connectivity index (χ3n) is 3.89. The summed E-state index contributed by atoms with van der Waals surface area (Å²) in [6.45, 7) is 0.295. The van der Waals surface area contributed by atoms with Crippen LogP contribution in [0.4, 0.5) is 0 Å². The Morgan fingerprint density at radius 1 is 1.11 bits per heavy atom. The molecule has 138 valence electrons. The van der Waals surface area contributed by atoms with Crippen LogP contribution in [0.5, 0.6) is 5.75 Å². The molecule has 0 spiro atoms. The van der Waals surface area contributed by atoms with Crippen LogP contribution in [0.15, 0.2) is 82.4 Å². The fraction of sp³-hybridized carbons (Fsp3) is 0.0455. The monoisotopic (exact) mass is 433 g/mol. The van der Waals surface area contributed by atoms with Gasteiger partial charge in [-0.3, -0.25) is 4.79 Å². The van der Waals surface area contributed by atoms with E-state index in [0.717, 1.165) is 15.6 Å². The highest BCUT2D eigenvalue weighted by molar-refractivity contribution is 9.10. The topological polar surface area (TPSA) is 74.5 Å². The highest BCUT2D eigenvalue weighted by Crippen LogP contribution is 2.26. The first kappa shape index (κ1) is 19.3. The molecule has 5 nitrogen and oxygen atoms in total. The average Bonchev–Trinajstić information content (AvgIpc) is 2.74. The lowest BCUT2D eigenvalue weighted by molar-refractivity contribution is 0.0955. The Morgan fingerprint density at radius 2 is 1.86 bits per heavy atom. The Kier molecular flexibility index (Phi) is 6.55. The molecular weight excluding hydrogens is 418 g/mol. The van der Waals surface area contributed by atoms with Crippen molar-refractivity contribution in [1.82, 2.24) is 5.43 Å². The Balaban J connectivity index is 1.61. The SMILES string of the molecule is N#Cc1ccccc1COc1ccc(/C=N\NC(=O)c2ccccc2)cc1Br. The number of rotatable bonds is 6. The van der Waals surface area contributed by atoms with Gasteiger partial charge in [0.05, 0.1) is 22.3 Å². The number of benzene rings is 3. The van der Waals surface area contributed by atoms with Gasteiger partial charge < -0.3 is 4.74 Å². The molecule has 3 rings (SSSR count). The van der Waals surface area contributed by atoms with Crippen molar-refractivity contribution in [2.75, 3.05) is 0 Å². The van der Waals surface area contributed by atoms with E-state index >= 15 is 0 Å². The number of nitrogens with one attached hydrogen (secondary N) is 1. The van der Waals surface area contributed by atoms with Gasteiger partial charge >= 0.3 is 0 Å². The van der Waals surface area contributed by atoms with Crippen molar-refractivity contribution in [1.29, 1.82) is 5.26 Å². The van der Waals surface area contributed by atoms with Crippen LogP contribution in [0.2, 0.25) is 0 Å².